The zero-order chi connectivity index (χ0) is 37.4. The summed E-state index contributed by atoms with van der Waals surface area (Å²) in [5.41, 5.74) is -8.21. The van der Waals surface area contributed by atoms with E-state index in [9.17, 15) is 43.2 Å². The summed E-state index contributed by atoms with van der Waals surface area (Å²) in [5, 5.41) is 2.39. The van der Waals surface area contributed by atoms with Gasteiger partial charge in [0.2, 0.25) is 0 Å². The van der Waals surface area contributed by atoms with Crippen LogP contribution in [0.15, 0.2) is 60.7 Å². The second kappa shape index (κ2) is 14.5. The molecule has 0 N–H and O–H groups in total. The summed E-state index contributed by atoms with van der Waals surface area (Å²) in [5.74, 6) is -0.700. The van der Waals surface area contributed by atoms with Crippen LogP contribution in [0.2, 0.25) is 0 Å². The fourth-order valence-electron chi connectivity index (χ4n) is 7.52. The molecular formula is C37H40F6O6S2. The van der Waals surface area contributed by atoms with Crippen LogP contribution >= 0.6 is 0 Å². The predicted octanol–water partition coefficient (Wildman–Crippen LogP) is 11.3. The molecule has 0 saturated carbocycles. The second-order valence-corrected chi connectivity index (χ2v) is 16.3. The number of hydrogen-bond donors (Lipinski definition) is 0. The summed E-state index contributed by atoms with van der Waals surface area (Å²) in [7, 11) is -11.8. The average Bonchev–Trinajstić information content (AvgIpc) is 3.33. The molecule has 0 radical (unpaired) electrons. The highest BCUT2D eigenvalue weighted by atomic mass is 32.2. The molecule has 5 rings (SSSR count). The van der Waals surface area contributed by atoms with E-state index in [4.69, 9.17) is 0 Å². The zero-order valence-corrected chi connectivity index (χ0v) is 30.1. The van der Waals surface area contributed by atoms with Crippen LogP contribution in [0.25, 0.3) is 32.7 Å². The SMILES string of the molecule is CCCCCCC1(CC(CC)CCCC)c2c(ccc3cc(OS(=O)(=O)C(F)(F)F)ccc23)-c2ccc3cc(OS(=O)(=O)C(F)(F)F)ccc3c21. The third-order valence-electron chi connectivity index (χ3n) is 9.85. The van der Waals surface area contributed by atoms with Crippen LogP contribution in [-0.2, 0) is 25.7 Å². The van der Waals surface area contributed by atoms with E-state index in [0.717, 1.165) is 73.6 Å². The Morgan fingerprint density at radius 2 is 1.10 bits per heavy atom. The Bertz CT molecular complexity index is 1990. The molecule has 278 valence electrons. The summed E-state index contributed by atoms with van der Waals surface area (Å²) in [6.45, 7) is 6.35. The topological polar surface area (TPSA) is 86.7 Å². The number of hydrogen-bond acceptors (Lipinski definition) is 6. The standard InChI is InChI=1S/C37H40F6O6S2/c1-4-7-9-10-20-35(23-24(6-3)11-8-5-2)33-29-18-14-27(48-50(44,45)36(38,39)40)21-25(29)12-16-31(33)32-17-13-26-22-28(15-19-30(26)34(32)35)49-51(46,47)37(41,42)43/h12-19,21-22,24H,4-11,20,23H2,1-3H3. The Balaban J connectivity index is 1.77. The van der Waals surface area contributed by atoms with E-state index in [1.165, 1.54) is 24.3 Å². The maximum Gasteiger partial charge on any atom is 0.534 e. The maximum atomic E-state index is 13.2. The Morgan fingerprint density at radius 1 is 0.627 bits per heavy atom. The van der Waals surface area contributed by atoms with Crippen molar-refractivity contribution in [1.29, 1.82) is 0 Å². The molecule has 0 heterocycles. The van der Waals surface area contributed by atoms with Crippen molar-refractivity contribution in [2.75, 3.05) is 0 Å². The summed E-state index contributed by atoms with van der Waals surface area (Å²) in [6, 6.07) is 15.3. The lowest BCUT2D eigenvalue weighted by molar-refractivity contribution is -0.0504. The molecule has 1 atom stereocenters. The van der Waals surface area contributed by atoms with Crippen molar-refractivity contribution in [3.8, 4) is 22.6 Å². The molecule has 0 aromatic heterocycles. The number of alkyl halides is 6. The van der Waals surface area contributed by atoms with E-state index < -0.39 is 48.2 Å². The molecule has 51 heavy (non-hydrogen) atoms. The number of rotatable bonds is 15. The molecule has 1 aliphatic carbocycles. The molecule has 6 nitrogen and oxygen atoms in total. The fourth-order valence-corrected chi connectivity index (χ4v) is 8.42. The van der Waals surface area contributed by atoms with Gasteiger partial charge in [-0.15, -0.1) is 0 Å². The highest BCUT2D eigenvalue weighted by Crippen LogP contribution is 2.59. The van der Waals surface area contributed by atoms with Crippen molar-refractivity contribution >= 4 is 41.8 Å². The number of fused-ring (bicyclic) bond motifs is 7. The summed E-state index contributed by atoms with van der Waals surface area (Å²) < 4.78 is 135. The van der Waals surface area contributed by atoms with Gasteiger partial charge in [-0.05, 0) is 86.8 Å². The first-order valence-electron chi connectivity index (χ1n) is 17.1. The first-order chi connectivity index (χ1) is 23.9. The minimum atomic E-state index is -5.90. The molecule has 4 aromatic carbocycles. The van der Waals surface area contributed by atoms with Gasteiger partial charge in [0.1, 0.15) is 11.5 Å². The third kappa shape index (κ3) is 7.53. The fraction of sp³-hybridized carbons (Fsp3) is 0.459. The van der Waals surface area contributed by atoms with Gasteiger partial charge in [-0.25, -0.2) is 0 Å². The van der Waals surface area contributed by atoms with Crippen LogP contribution in [0.3, 0.4) is 0 Å². The number of halogens is 6. The van der Waals surface area contributed by atoms with Crippen LogP contribution in [-0.4, -0.2) is 27.9 Å². The van der Waals surface area contributed by atoms with Crippen LogP contribution in [0.1, 0.15) is 96.1 Å². The summed E-state index contributed by atoms with van der Waals surface area (Å²) in [6.07, 6.45) is 8.96. The number of unbranched alkanes of at least 4 members (excludes halogenated alkanes) is 4. The van der Waals surface area contributed by atoms with E-state index in [1.54, 1.807) is 24.3 Å². The Kier molecular flexibility index (Phi) is 11.0. The molecule has 1 unspecified atom stereocenters. The minimum absolute atomic E-state index is 0.263. The van der Waals surface area contributed by atoms with Crippen molar-refractivity contribution in [3.63, 3.8) is 0 Å². The van der Waals surface area contributed by atoms with E-state index in [0.29, 0.717) is 34.4 Å². The average molecular weight is 759 g/mol. The molecule has 0 amide bonds. The van der Waals surface area contributed by atoms with E-state index in [2.05, 4.69) is 29.1 Å². The zero-order valence-electron chi connectivity index (χ0n) is 28.5. The Morgan fingerprint density at radius 3 is 1.51 bits per heavy atom. The first kappa shape index (κ1) is 38.7. The van der Waals surface area contributed by atoms with Gasteiger partial charge in [-0.3, -0.25) is 0 Å². The smallest absolute Gasteiger partial charge is 0.376 e. The second-order valence-electron chi connectivity index (χ2n) is 13.2. The third-order valence-corrected chi connectivity index (χ3v) is 11.8. The van der Waals surface area contributed by atoms with Crippen molar-refractivity contribution < 1.29 is 51.5 Å². The highest BCUT2D eigenvalue weighted by molar-refractivity contribution is 7.88. The lowest BCUT2D eigenvalue weighted by Crippen LogP contribution is -2.29. The van der Waals surface area contributed by atoms with E-state index >= 15 is 0 Å². The predicted molar refractivity (Wildman–Crippen MR) is 186 cm³/mol. The quantitative estimate of drug-likeness (QED) is 0.0519. The van der Waals surface area contributed by atoms with Crippen molar-refractivity contribution in [2.24, 2.45) is 5.92 Å². The van der Waals surface area contributed by atoms with Gasteiger partial charge in [0.15, 0.2) is 0 Å². The summed E-state index contributed by atoms with van der Waals surface area (Å²) in [4.78, 5) is 0. The molecular weight excluding hydrogens is 719 g/mol. The van der Waals surface area contributed by atoms with Crippen LogP contribution in [0, 0.1) is 5.92 Å². The lowest BCUT2D eigenvalue weighted by Gasteiger charge is -2.37. The van der Waals surface area contributed by atoms with E-state index in [-0.39, 0.29) is 5.92 Å². The normalized spacial score (nSPS) is 15.2. The van der Waals surface area contributed by atoms with Gasteiger partial charge >= 0.3 is 31.3 Å². The van der Waals surface area contributed by atoms with Crippen LogP contribution in [0.5, 0.6) is 11.5 Å². The van der Waals surface area contributed by atoms with Gasteiger partial charge in [0.05, 0.1) is 0 Å². The summed E-state index contributed by atoms with van der Waals surface area (Å²) >= 11 is 0. The van der Waals surface area contributed by atoms with E-state index in [1.807, 2.05) is 12.1 Å². The van der Waals surface area contributed by atoms with Gasteiger partial charge < -0.3 is 8.37 Å². The van der Waals surface area contributed by atoms with Crippen LogP contribution < -0.4 is 8.37 Å². The Hall–Kier alpha value is -3.52. The number of benzene rings is 4. The molecule has 0 bridgehead atoms. The Labute approximate surface area is 294 Å². The largest absolute Gasteiger partial charge is 0.534 e. The van der Waals surface area contributed by atoms with Gasteiger partial charge in [-0.2, -0.15) is 43.2 Å². The molecule has 0 spiro atoms. The van der Waals surface area contributed by atoms with Crippen LogP contribution in [0.4, 0.5) is 26.3 Å². The molecule has 4 aromatic rings. The van der Waals surface area contributed by atoms with Crippen molar-refractivity contribution in [2.45, 2.75) is 101 Å². The molecule has 0 fully saturated rings. The minimum Gasteiger partial charge on any atom is -0.376 e. The molecule has 0 aliphatic heterocycles. The lowest BCUT2D eigenvalue weighted by atomic mass is 9.66. The first-order valence-corrected chi connectivity index (χ1v) is 19.9. The molecule has 0 saturated heterocycles. The monoisotopic (exact) mass is 758 g/mol. The molecule has 14 heteroatoms. The highest BCUT2D eigenvalue weighted by Gasteiger charge is 2.50. The van der Waals surface area contributed by atoms with Gasteiger partial charge in [0.25, 0.3) is 0 Å². The van der Waals surface area contributed by atoms with Gasteiger partial charge in [0, 0.05) is 5.41 Å². The van der Waals surface area contributed by atoms with Crippen molar-refractivity contribution in [3.05, 3.63) is 71.8 Å². The van der Waals surface area contributed by atoms with Crippen molar-refractivity contribution in [1.82, 2.24) is 0 Å². The maximum absolute atomic E-state index is 13.2. The van der Waals surface area contributed by atoms with Gasteiger partial charge in [-0.1, -0.05) is 109 Å². The molecule has 1 aliphatic rings.